The molecule has 2 aromatic heterocycles. The minimum Gasteiger partial charge on any atom is -0.466 e. The second-order valence-electron chi connectivity index (χ2n) is 5.07. The number of halogens is 1. The third-order valence-corrected chi connectivity index (χ3v) is 3.68. The largest absolute Gasteiger partial charge is 0.466 e. The monoisotopic (exact) mass is 347 g/mol. The molecule has 9 heteroatoms. The Hall–Kier alpha value is -2.74. The summed E-state index contributed by atoms with van der Waals surface area (Å²) < 4.78 is 7.52. The predicted octanol–water partition coefficient (Wildman–Crippen LogP) is 1.27. The van der Waals surface area contributed by atoms with Crippen LogP contribution in [0.5, 0.6) is 0 Å². The standard InChI is InChI=1S/C15H14ClN5O3/c1-3-24-13(22)6-9-8-17-20(2)14(9)21-15(23)11-7-10(16)4-5-12(11)18-19-21/h4-5,7-8H,3,6H2,1-2H3. The normalized spacial score (nSPS) is 11.0. The van der Waals surface area contributed by atoms with Gasteiger partial charge in [-0.15, -0.1) is 5.10 Å². The maximum Gasteiger partial charge on any atom is 0.310 e. The zero-order valence-corrected chi connectivity index (χ0v) is 13.8. The number of aryl methyl sites for hydroxylation is 1. The van der Waals surface area contributed by atoms with Gasteiger partial charge in [0.1, 0.15) is 5.52 Å². The summed E-state index contributed by atoms with van der Waals surface area (Å²) in [4.78, 5) is 24.5. The van der Waals surface area contributed by atoms with E-state index in [-0.39, 0.29) is 13.0 Å². The molecule has 0 saturated heterocycles. The summed E-state index contributed by atoms with van der Waals surface area (Å²) >= 11 is 5.96. The number of ether oxygens (including phenoxy) is 1. The van der Waals surface area contributed by atoms with Crippen LogP contribution in [0, 0.1) is 0 Å². The molecule has 8 nitrogen and oxygen atoms in total. The first kappa shape index (κ1) is 16.1. The lowest BCUT2D eigenvalue weighted by Crippen LogP contribution is -2.26. The fraction of sp³-hybridized carbons (Fsp3) is 0.267. The highest BCUT2D eigenvalue weighted by Gasteiger charge is 2.18. The number of carbonyl (C=O) groups excluding carboxylic acids is 1. The number of aromatic nitrogens is 5. The molecule has 24 heavy (non-hydrogen) atoms. The van der Waals surface area contributed by atoms with E-state index in [9.17, 15) is 9.59 Å². The van der Waals surface area contributed by atoms with Gasteiger partial charge in [-0.05, 0) is 25.1 Å². The van der Waals surface area contributed by atoms with Crippen molar-refractivity contribution >= 4 is 28.5 Å². The first-order valence-electron chi connectivity index (χ1n) is 7.23. The molecule has 0 N–H and O–H groups in total. The number of benzene rings is 1. The number of carbonyl (C=O) groups is 1. The summed E-state index contributed by atoms with van der Waals surface area (Å²) in [6.07, 6.45) is 1.49. The van der Waals surface area contributed by atoms with Gasteiger partial charge in [-0.1, -0.05) is 16.8 Å². The molecule has 0 saturated carbocycles. The molecule has 0 aliphatic carbocycles. The molecule has 1 aromatic carbocycles. The Morgan fingerprint density at radius 3 is 2.92 bits per heavy atom. The van der Waals surface area contributed by atoms with E-state index < -0.39 is 11.5 Å². The van der Waals surface area contributed by atoms with E-state index in [4.69, 9.17) is 16.3 Å². The molecular weight excluding hydrogens is 334 g/mol. The molecule has 2 heterocycles. The van der Waals surface area contributed by atoms with Gasteiger partial charge in [0.25, 0.3) is 5.56 Å². The molecule has 0 radical (unpaired) electrons. The van der Waals surface area contributed by atoms with Crippen LogP contribution in [-0.4, -0.2) is 37.4 Å². The van der Waals surface area contributed by atoms with Crippen LogP contribution in [-0.2, 0) is 23.0 Å². The predicted molar refractivity (Wildman–Crippen MR) is 87.2 cm³/mol. The van der Waals surface area contributed by atoms with Crippen molar-refractivity contribution in [1.29, 1.82) is 0 Å². The third-order valence-electron chi connectivity index (χ3n) is 3.44. The van der Waals surface area contributed by atoms with E-state index in [0.29, 0.717) is 27.3 Å². The Balaban J connectivity index is 2.14. The van der Waals surface area contributed by atoms with Crippen molar-refractivity contribution in [2.45, 2.75) is 13.3 Å². The Labute approximate surface area is 141 Å². The van der Waals surface area contributed by atoms with Crippen LogP contribution in [0.15, 0.2) is 29.2 Å². The van der Waals surface area contributed by atoms with Crippen molar-refractivity contribution in [2.24, 2.45) is 7.05 Å². The van der Waals surface area contributed by atoms with Crippen LogP contribution in [0.25, 0.3) is 16.7 Å². The van der Waals surface area contributed by atoms with E-state index in [1.807, 2.05) is 0 Å². The molecule has 124 valence electrons. The van der Waals surface area contributed by atoms with Crippen molar-refractivity contribution in [3.8, 4) is 5.82 Å². The minimum atomic E-state index is -0.406. The van der Waals surface area contributed by atoms with Gasteiger partial charge in [-0.25, -0.2) is 0 Å². The average molecular weight is 348 g/mol. The van der Waals surface area contributed by atoms with Gasteiger partial charge < -0.3 is 4.74 Å². The molecule has 0 spiro atoms. The molecule has 0 aliphatic rings. The Bertz CT molecular complexity index is 979. The summed E-state index contributed by atoms with van der Waals surface area (Å²) in [5, 5.41) is 12.8. The quantitative estimate of drug-likeness (QED) is 0.660. The second-order valence-corrected chi connectivity index (χ2v) is 5.50. The highest BCUT2D eigenvalue weighted by atomic mass is 35.5. The van der Waals surface area contributed by atoms with Gasteiger partial charge in [0, 0.05) is 17.6 Å². The van der Waals surface area contributed by atoms with E-state index in [1.54, 1.807) is 26.1 Å². The summed E-state index contributed by atoms with van der Waals surface area (Å²) in [7, 11) is 1.65. The molecule has 3 aromatic rings. The summed E-state index contributed by atoms with van der Waals surface area (Å²) in [6.45, 7) is 2.01. The highest BCUT2D eigenvalue weighted by Crippen LogP contribution is 2.16. The number of hydrogen-bond acceptors (Lipinski definition) is 6. The Kier molecular flexibility index (Phi) is 4.30. The maximum atomic E-state index is 12.7. The Morgan fingerprint density at radius 1 is 1.38 bits per heavy atom. The van der Waals surface area contributed by atoms with Crippen LogP contribution in [0.3, 0.4) is 0 Å². The van der Waals surface area contributed by atoms with Crippen LogP contribution in [0.1, 0.15) is 12.5 Å². The summed E-state index contributed by atoms with van der Waals surface area (Å²) in [5.74, 6) is -0.0426. The molecule has 0 aliphatic heterocycles. The summed E-state index contributed by atoms with van der Waals surface area (Å²) in [6, 6.07) is 4.80. The molecule has 0 fully saturated rings. The fourth-order valence-electron chi connectivity index (χ4n) is 2.39. The molecule has 0 atom stereocenters. The number of esters is 1. The first-order valence-corrected chi connectivity index (χ1v) is 7.61. The number of nitrogens with zero attached hydrogens (tertiary/aromatic N) is 5. The molecular formula is C15H14ClN5O3. The van der Waals surface area contributed by atoms with Gasteiger partial charge in [0.05, 0.1) is 24.6 Å². The zero-order valence-electron chi connectivity index (χ0n) is 13.1. The fourth-order valence-corrected chi connectivity index (χ4v) is 2.57. The third kappa shape index (κ3) is 2.88. The molecule has 0 bridgehead atoms. The van der Waals surface area contributed by atoms with Gasteiger partial charge in [0.15, 0.2) is 5.82 Å². The van der Waals surface area contributed by atoms with E-state index >= 15 is 0 Å². The van der Waals surface area contributed by atoms with Gasteiger partial charge in [0.2, 0.25) is 0 Å². The number of hydrogen-bond donors (Lipinski definition) is 0. The van der Waals surface area contributed by atoms with E-state index in [2.05, 4.69) is 15.4 Å². The minimum absolute atomic E-state index is 0.0152. The Morgan fingerprint density at radius 2 is 2.17 bits per heavy atom. The second kappa shape index (κ2) is 6.40. The van der Waals surface area contributed by atoms with Crippen molar-refractivity contribution < 1.29 is 9.53 Å². The average Bonchev–Trinajstić information content (AvgIpc) is 2.89. The molecule has 0 unspecified atom stereocenters. The smallest absolute Gasteiger partial charge is 0.310 e. The summed E-state index contributed by atoms with van der Waals surface area (Å²) in [5.41, 5.74) is 0.569. The van der Waals surface area contributed by atoms with Gasteiger partial charge >= 0.3 is 5.97 Å². The lowest BCUT2D eigenvalue weighted by Gasteiger charge is -2.08. The number of rotatable bonds is 4. The van der Waals surface area contributed by atoms with Crippen LogP contribution < -0.4 is 5.56 Å². The lowest BCUT2D eigenvalue weighted by atomic mass is 10.2. The first-order chi connectivity index (χ1) is 11.5. The van der Waals surface area contributed by atoms with E-state index in [0.717, 1.165) is 4.68 Å². The lowest BCUT2D eigenvalue weighted by molar-refractivity contribution is -0.142. The molecule has 0 amide bonds. The highest BCUT2D eigenvalue weighted by molar-refractivity contribution is 6.31. The maximum absolute atomic E-state index is 12.7. The van der Waals surface area contributed by atoms with Crippen molar-refractivity contribution in [3.63, 3.8) is 0 Å². The van der Waals surface area contributed by atoms with Crippen molar-refractivity contribution in [3.05, 3.63) is 45.3 Å². The topological polar surface area (TPSA) is 91.9 Å². The van der Waals surface area contributed by atoms with Gasteiger partial charge in [-0.2, -0.15) is 9.78 Å². The zero-order chi connectivity index (χ0) is 17.3. The van der Waals surface area contributed by atoms with Gasteiger partial charge in [-0.3, -0.25) is 14.3 Å². The van der Waals surface area contributed by atoms with E-state index in [1.165, 1.54) is 16.9 Å². The van der Waals surface area contributed by atoms with Crippen molar-refractivity contribution in [1.82, 2.24) is 24.8 Å². The number of fused-ring (bicyclic) bond motifs is 1. The molecule has 3 rings (SSSR count). The van der Waals surface area contributed by atoms with Crippen LogP contribution >= 0.6 is 11.6 Å². The SMILES string of the molecule is CCOC(=O)Cc1cnn(C)c1-n1nnc2ccc(Cl)cc2c1=O. The van der Waals surface area contributed by atoms with Crippen LogP contribution in [0.4, 0.5) is 0 Å². The van der Waals surface area contributed by atoms with Crippen molar-refractivity contribution in [2.75, 3.05) is 6.61 Å². The van der Waals surface area contributed by atoms with Crippen LogP contribution in [0.2, 0.25) is 5.02 Å².